The molecule has 0 saturated carbocycles. The van der Waals surface area contributed by atoms with Crippen LogP contribution < -0.4 is 5.32 Å². The van der Waals surface area contributed by atoms with Gasteiger partial charge in [-0.3, -0.25) is 4.79 Å². The SMILES string of the molecule is CC(C)(C)NC(=O)c1nn(-c2ccc(C#CCOC3CN(C(=O)OC(C)(C)C)C3)cc2F)c(-c2ccc(Cl)cc2)c1S(C)(=O)=O. The van der Waals surface area contributed by atoms with Crippen LogP contribution in [0.1, 0.15) is 57.6 Å². The lowest BCUT2D eigenvalue weighted by molar-refractivity contribution is -0.0545. The molecule has 1 aliphatic heterocycles. The fourth-order valence-electron chi connectivity index (χ4n) is 4.41. The maximum Gasteiger partial charge on any atom is 0.410 e. The van der Waals surface area contributed by atoms with E-state index in [0.717, 1.165) is 10.9 Å². The molecule has 1 fully saturated rings. The number of carbonyl (C=O) groups excluding carboxylic acids is 2. The van der Waals surface area contributed by atoms with Gasteiger partial charge in [0.25, 0.3) is 5.91 Å². The Bertz CT molecular complexity index is 1770. The average Bonchev–Trinajstić information content (AvgIpc) is 3.27. The van der Waals surface area contributed by atoms with Gasteiger partial charge < -0.3 is 19.7 Å². The Morgan fingerprint density at radius 1 is 1.09 bits per heavy atom. The van der Waals surface area contributed by atoms with Gasteiger partial charge in [-0.1, -0.05) is 35.6 Å². The molecule has 13 heteroatoms. The van der Waals surface area contributed by atoms with Crippen LogP contribution in [0.25, 0.3) is 16.9 Å². The van der Waals surface area contributed by atoms with Crippen LogP contribution in [0.4, 0.5) is 9.18 Å². The monoisotopic (exact) mass is 658 g/mol. The fraction of sp³-hybridized carbons (Fsp3) is 0.406. The van der Waals surface area contributed by atoms with Crippen LogP contribution >= 0.6 is 11.6 Å². The number of hydrogen-bond acceptors (Lipinski definition) is 7. The third-order valence-electron chi connectivity index (χ3n) is 6.33. The van der Waals surface area contributed by atoms with E-state index in [4.69, 9.17) is 21.1 Å². The summed E-state index contributed by atoms with van der Waals surface area (Å²) in [6.07, 6.45) is 0.397. The Kier molecular flexibility index (Phi) is 9.68. The number of amides is 2. The van der Waals surface area contributed by atoms with Crippen LogP contribution in [-0.4, -0.2) is 78.3 Å². The predicted molar refractivity (Wildman–Crippen MR) is 169 cm³/mol. The minimum absolute atomic E-state index is 0.0142. The summed E-state index contributed by atoms with van der Waals surface area (Å²) in [5.41, 5.74) is -0.992. The van der Waals surface area contributed by atoms with E-state index in [9.17, 15) is 18.0 Å². The van der Waals surface area contributed by atoms with E-state index in [0.29, 0.717) is 29.2 Å². The summed E-state index contributed by atoms with van der Waals surface area (Å²) in [6, 6.07) is 10.4. The van der Waals surface area contributed by atoms with Crippen molar-refractivity contribution in [2.75, 3.05) is 26.0 Å². The predicted octanol–water partition coefficient (Wildman–Crippen LogP) is 5.25. The number of benzene rings is 2. The van der Waals surface area contributed by atoms with Crippen LogP contribution in [0.2, 0.25) is 5.02 Å². The average molecular weight is 659 g/mol. The number of ether oxygens (including phenoxy) is 2. The van der Waals surface area contributed by atoms with Crippen molar-refractivity contribution in [3.05, 3.63) is 64.6 Å². The molecule has 0 bridgehead atoms. The van der Waals surface area contributed by atoms with Crippen LogP contribution in [-0.2, 0) is 19.3 Å². The molecule has 0 atom stereocenters. The molecule has 1 aromatic heterocycles. The maximum absolute atomic E-state index is 15.7. The molecule has 2 aromatic carbocycles. The Morgan fingerprint density at radius 3 is 2.29 bits per heavy atom. The highest BCUT2D eigenvalue weighted by molar-refractivity contribution is 7.91. The van der Waals surface area contributed by atoms with Gasteiger partial charge in [0, 0.05) is 27.9 Å². The Morgan fingerprint density at radius 2 is 1.73 bits per heavy atom. The van der Waals surface area contributed by atoms with Gasteiger partial charge in [-0.05, 0) is 71.9 Å². The molecule has 1 aliphatic rings. The summed E-state index contributed by atoms with van der Waals surface area (Å²) >= 11 is 6.07. The molecule has 0 spiro atoms. The van der Waals surface area contributed by atoms with E-state index in [1.165, 1.54) is 12.1 Å². The quantitative estimate of drug-likeness (QED) is 0.359. The fourth-order valence-corrected chi connectivity index (χ4v) is 5.58. The summed E-state index contributed by atoms with van der Waals surface area (Å²) in [6.45, 7) is 11.5. The van der Waals surface area contributed by atoms with E-state index >= 15 is 4.39 Å². The summed E-state index contributed by atoms with van der Waals surface area (Å²) in [4.78, 5) is 26.5. The van der Waals surface area contributed by atoms with Crippen molar-refractivity contribution in [2.45, 2.75) is 63.7 Å². The number of sulfone groups is 1. The van der Waals surface area contributed by atoms with Gasteiger partial charge in [0.2, 0.25) is 0 Å². The molecule has 4 rings (SSSR count). The second-order valence-corrected chi connectivity index (χ2v) is 15.1. The van der Waals surface area contributed by atoms with E-state index < -0.39 is 38.8 Å². The van der Waals surface area contributed by atoms with Crippen molar-refractivity contribution in [3.63, 3.8) is 0 Å². The normalized spacial score (nSPS) is 13.9. The molecular formula is C32H36ClFN4O6S. The minimum Gasteiger partial charge on any atom is -0.444 e. The Hall–Kier alpha value is -3.92. The lowest BCUT2D eigenvalue weighted by Gasteiger charge is -2.39. The number of nitrogens with zero attached hydrogens (tertiary/aromatic N) is 3. The third-order valence-corrected chi connectivity index (χ3v) is 7.71. The zero-order valence-electron chi connectivity index (χ0n) is 26.2. The topological polar surface area (TPSA) is 120 Å². The molecule has 10 nitrogen and oxygen atoms in total. The number of likely N-dealkylation sites (tertiary alicyclic amines) is 1. The van der Waals surface area contributed by atoms with Crippen molar-refractivity contribution < 1.29 is 31.9 Å². The zero-order valence-corrected chi connectivity index (χ0v) is 27.8. The number of hydrogen-bond donors (Lipinski definition) is 1. The molecule has 2 heterocycles. The van der Waals surface area contributed by atoms with Gasteiger partial charge >= 0.3 is 6.09 Å². The summed E-state index contributed by atoms with van der Waals surface area (Å²) in [5, 5.41) is 7.47. The maximum atomic E-state index is 15.7. The first-order valence-corrected chi connectivity index (χ1v) is 16.4. The molecule has 3 aromatic rings. The molecule has 0 unspecified atom stereocenters. The second-order valence-electron chi connectivity index (χ2n) is 12.7. The molecule has 0 radical (unpaired) electrons. The van der Waals surface area contributed by atoms with E-state index in [2.05, 4.69) is 22.3 Å². The molecule has 45 heavy (non-hydrogen) atoms. The molecule has 1 N–H and O–H groups in total. The number of carbonyl (C=O) groups is 2. The first kappa shape index (κ1) is 34.0. The zero-order chi connectivity index (χ0) is 33.3. The Balaban J connectivity index is 1.60. The van der Waals surface area contributed by atoms with Crippen molar-refractivity contribution in [2.24, 2.45) is 0 Å². The van der Waals surface area contributed by atoms with E-state index in [1.54, 1.807) is 76.8 Å². The van der Waals surface area contributed by atoms with Gasteiger partial charge in [-0.25, -0.2) is 22.3 Å². The number of nitrogens with one attached hydrogen (secondary N) is 1. The Labute approximate surface area is 267 Å². The summed E-state index contributed by atoms with van der Waals surface area (Å²) in [5.74, 6) is 4.22. The molecule has 2 amide bonds. The number of halogens is 2. The van der Waals surface area contributed by atoms with E-state index in [-0.39, 0.29) is 34.7 Å². The van der Waals surface area contributed by atoms with Crippen molar-refractivity contribution >= 4 is 33.4 Å². The summed E-state index contributed by atoms with van der Waals surface area (Å²) < 4.78 is 53.9. The first-order chi connectivity index (χ1) is 20.8. The van der Waals surface area contributed by atoms with Gasteiger partial charge in [0.1, 0.15) is 28.6 Å². The van der Waals surface area contributed by atoms with Crippen LogP contribution in [0.15, 0.2) is 47.4 Å². The van der Waals surface area contributed by atoms with Crippen molar-refractivity contribution in [1.82, 2.24) is 20.0 Å². The summed E-state index contributed by atoms with van der Waals surface area (Å²) in [7, 11) is -4.03. The highest BCUT2D eigenvalue weighted by Gasteiger charge is 2.35. The lowest BCUT2D eigenvalue weighted by Crippen LogP contribution is -2.55. The van der Waals surface area contributed by atoms with Crippen molar-refractivity contribution in [3.8, 4) is 28.8 Å². The van der Waals surface area contributed by atoms with Crippen LogP contribution in [0.3, 0.4) is 0 Å². The molecule has 1 saturated heterocycles. The van der Waals surface area contributed by atoms with E-state index in [1.807, 2.05) is 0 Å². The third kappa shape index (κ3) is 8.63. The highest BCUT2D eigenvalue weighted by Crippen LogP contribution is 2.34. The van der Waals surface area contributed by atoms with Crippen LogP contribution in [0, 0.1) is 17.7 Å². The van der Waals surface area contributed by atoms with Gasteiger partial charge in [0.15, 0.2) is 15.5 Å². The standard InChI is InChI=1S/C32H36ClFN4O6S/c1-31(2,3)35-29(39)26-28(45(7,41)42)27(21-11-13-22(33)14-12-21)38(36-26)25-15-10-20(17-24(25)34)9-8-16-43-23-18-37(19-23)30(40)44-32(4,5)6/h10-15,17,23H,16,18-19H2,1-7H3,(H,35,39). The number of aromatic nitrogens is 2. The number of rotatable bonds is 6. The van der Waals surface area contributed by atoms with Gasteiger partial charge in [0.05, 0.1) is 24.9 Å². The first-order valence-electron chi connectivity index (χ1n) is 14.1. The highest BCUT2D eigenvalue weighted by atomic mass is 35.5. The van der Waals surface area contributed by atoms with Gasteiger partial charge in [-0.15, -0.1) is 0 Å². The molecule has 0 aliphatic carbocycles. The minimum atomic E-state index is -4.03. The largest absolute Gasteiger partial charge is 0.444 e. The van der Waals surface area contributed by atoms with Gasteiger partial charge in [-0.2, -0.15) is 5.10 Å². The smallest absolute Gasteiger partial charge is 0.410 e. The second kappa shape index (κ2) is 12.8. The molecular weight excluding hydrogens is 623 g/mol. The molecule has 240 valence electrons. The van der Waals surface area contributed by atoms with Crippen molar-refractivity contribution in [1.29, 1.82) is 0 Å². The lowest BCUT2D eigenvalue weighted by atomic mass is 10.1. The van der Waals surface area contributed by atoms with Crippen LogP contribution in [0.5, 0.6) is 0 Å².